The molecule has 5 nitrogen and oxygen atoms in total. The average Bonchev–Trinajstić information content (AvgIpc) is 2.64. The number of ether oxygens (including phenoxy) is 1. The Morgan fingerprint density at radius 3 is 2.67 bits per heavy atom. The van der Waals surface area contributed by atoms with Crippen LogP contribution in [-0.2, 0) is 6.54 Å². The molecule has 1 N–H and O–H groups in total. The lowest BCUT2D eigenvalue weighted by atomic mass is 10.1. The van der Waals surface area contributed by atoms with E-state index in [0.717, 1.165) is 30.9 Å². The van der Waals surface area contributed by atoms with Crippen LogP contribution in [0.25, 0.3) is 0 Å². The van der Waals surface area contributed by atoms with Gasteiger partial charge in [0.1, 0.15) is 0 Å². The second-order valence-corrected chi connectivity index (χ2v) is 6.04. The molecule has 1 amide bonds. The van der Waals surface area contributed by atoms with Gasteiger partial charge in [0, 0.05) is 24.5 Å². The lowest BCUT2D eigenvalue weighted by molar-refractivity contribution is 0.102. The van der Waals surface area contributed by atoms with Crippen LogP contribution in [0.2, 0.25) is 0 Å². The van der Waals surface area contributed by atoms with Gasteiger partial charge in [-0.05, 0) is 43.6 Å². The van der Waals surface area contributed by atoms with Crippen LogP contribution in [0.4, 0.5) is 5.69 Å². The monoisotopic (exact) mass is 325 g/mol. The number of amides is 1. The van der Waals surface area contributed by atoms with Crippen molar-refractivity contribution in [1.29, 1.82) is 0 Å². The van der Waals surface area contributed by atoms with Crippen molar-refractivity contribution in [2.75, 3.05) is 25.5 Å². The quantitative estimate of drug-likeness (QED) is 0.916. The van der Waals surface area contributed by atoms with Gasteiger partial charge in [0.25, 0.3) is 5.91 Å². The summed E-state index contributed by atoms with van der Waals surface area (Å²) in [6, 6.07) is 11.4. The molecule has 0 spiro atoms. The molecule has 0 aliphatic carbocycles. The van der Waals surface area contributed by atoms with E-state index in [0.29, 0.717) is 11.4 Å². The third-order valence-electron chi connectivity index (χ3n) is 4.32. The third-order valence-corrected chi connectivity index (χ3v) is 4.32. The number of rotatable bonds is 5. The number of anilines is 1. The number of pyridine rings is 1. The molecule has 0 bridgehead atoms. The van der Waals surface area contributed by atoms with Crippen molar-refractivity contribution >= 4 is 11.6 Å². The van der Waals surface area contributed by atoms with Crippen LogP contribution in [0.1, 0.15) is 35.2 Å². The summed E-state index contributed by atoms with van der Waals surface area (Å²) in [6.07, 6.45) is 5.36. The highest BCUT2D eigenvalue weighted by atomic mass is 16.5. The molecule has 1 aromatic heterocycles. The normalized spacial score (nSPS) is 15.0. The number of carbonyl (C=O) groups excluding carboxylic acids is 1. The molecule has 0 radical (unpaired) electrons. The van der Waals surface area contributed by atoms with Gasteiger partial charge in [-0.3, -0.25) is 9.69 Å². The molecule has 3 rings (SSSR count). The summed E-state index contributed by atoms with van der Waals surface area (Å²) in [6.45, 7) is 3.13. The molecule has 1 aliphatic heterocycles. The fourth-order valence-corrected chi connectivity index (χ4v) is 2.97. The Morgan fingerprint density at radius 1 is 1.17 bits per heavy atom. The highest BCUT2D eigenvalue weighted by molar-refractivity contribution is 6.04. The van der Waals surface area contributed by atoms with Crippen LogP contribution in [0.3, 0.4) is 0 Å². The van der Waals surface area contributed by atoms with E-state index in [1.165, 1.54) is 25.5 Å². The van der Waals surface area contributed by atoms with Crippen molar-refractivity contribution in [1.82, 2.24) is 9.88 Å². The van der Waals surface area contributed by atoms with Gasteiger partial charge < -0.3 is 10.1 Å². The first kappa shape index (κ1) is 16.5. The molecule has 126 valence electrons. The average molecular weight is 325 g/mol. The first-order valence-corrected chi connectivity index (χ1v) is 8.38. The number of hydrogen-bond acceptors (Lipinski definition) is 4. The minimum atomic E-state index is -0.156. The van der Waals surface area contributed by atoms with Gasteiger partial charge in [-0.2, -0.15) is 0 Å². The number of nitrogens with one attached hydrogen (secondary N) is 1. The Morgan fingerprint density at radius 2 is 1.96 bits per heavy atom. The maximum Gasteiger partial charge on any atom is 0.257 e. The van der Waals surface area contributed by atoms with Gasteiger partial charge in [-0.15, -0.1) is 0 Å². The van der Waals surface area contributed by atoms with Crippen LogP contribution < -0.4 is 10.1 Å². The Kier molecular flexibility index (Phi) is 5.43. The van der Waals surface area contributed by atoms with Crippen molar-refractivity contribution in [3.8, 4) is 5.88 Å². The van der Waals surface area contributed by atoms with Crippen molar-refractivity contribution < 1.29 is 9.53 Å². The number of carbonyl (C=O) groups is 1. The first-order valence-electron chi connectivity index (χ1n) is 8.38. The summed E-state index contributed by atoms with van der Waals surface area (Å²) in [5.74, 6) is 0.341. The number of hydrogen-bond donors (Lipinski definition) is 1. The van der Waals surface area contributed by atoms with Gasteiger partial charge >= 0.3 is 0 Å². The van der Waals surface area contributed by atoms with Crippen LogP contribution >= 0.6 is 0 Å². The van der Waals surface area contributed by atoms with Gasteiger partial charge in [0.15, 0.2) is 0 Å². The molecule has 1 aromatic carbocycles. The molecule has 0 atom stereocenters. The standard InChI is InChI=1S/C19H23N3O2/c1-24-18-10-9-15(13-20-18)19(23)21-17-8-4-3-7-16(17)14-22-11-5-2-6-12-22/h3-4,7-10,13H,2,5-6,11-12,14H2,1H3,(H,21,23). The lowest BCUT2D eigenvalue weighted by Gasteiger charge is -2.27. The van der Waals surface area contributed by atoms with E-state index in [9.17, 15) is 4.79 Å². The van der Waals surface area contributed by atoms with Crippen molar-refractivity contribution in [2.45, 2.75) is 25.8 Å². The highest BCUT2D eigenvalue weighted by Crippen LogP contribution is 2.20. The Hall–Kier alpha value is -2.40. The first-order chi connectivity index (χ1) is 11.8. The number of benzene rings is 1. The van der Waals surface area contributed by atoms with E-state index >= 15 is 0 Å². The summed E-state index contributed by atoms with van der Waals surface area (Å²) in [4.78, 5) is 19.0. The predicted octanol–water partition coefficient (Wildman–Crippen LogP) is 3.33. The number of aromatic nitrogens is 1. The van der Waals surface area contributed by atoms with Gasteiger partial charge in [-0.1, -0.05) is 24.6 Å². The second kappa shape index (κ2) is 7.93. The fourth-order valence-electron chi connectivity index (χ4n) is 2.97. The third kappa shape index (κ3) is 4.11. The lowest BCUT2D eigenvalue weighted by Crippen LogP contribution is -2.29. The minimum Gasteiger partial charge on any atom is -0.481 e. The molecule has 1 fully saturated rings. The second-order valence-electron chi connectivity index (χ2n) is 6.04. The van der Waals surface area contributed by atoms with Gasteiger partial charge in [0.2, 0.25) is 5.88 Å². The van der Waals surface area contributed by atoms with E-state index in [2.05, 4.69) is 21.3 Å². The molecule has 0 unspecified atom stereocenters. The number of para-hydroxylation sites is 1. The largest absolute Gasteiger partial charge is 0.481 e. The Bertz CT molecular complexity index is 679. The van der Waals surface area contributed by atoms with Gasteiger partial charge in [0.05, 0.1) is 12.7 Å². The number of likely N-dealkylation sites (tertiary alicyclic amines) is 1. The molecule has 5 heteroatoms. The van der Waals surface area contributed by atoms with E-state index in [1.807, 2.05) is 18.2 Å². The van der Waals surface area contributed by atoms with E-state index < -0.39 is 0 Å². The zero-order chi connectivity index (χ0) is 16.8. The Balaban J connectivity index is 1.70. The van der Waals surface area contributed by atoms with Crippen LogP contribution in [0.5, 0.6) is 5.88 Å². The molecule has 1 saturated heterocycles. The zero-order valence-electron chi connectivity index (χ0n) is 14.0. The maximum atomic E-state index is 12.5. The number of piperidine rings is 1. The summed E-state index contributed by atoms with van der Waals surface area (Å²) >= 11 is 0. The SMILES string of the molecule is COc1ccc(C(=O)Nc2ccccc2CN2CCCCC2)cn1. The number of nitrogens with zero attached hydrogens (tertiary/aromatic N) is 2. The van der Waals surface area contributed by atoms with Gasteiger partial charge in [-0.25, -0.2) is 4.98 Å². The minimum absolute atomic E-state index is 0.156. The molecule has 2 heterocycles. The topological polar surface area (TPSA) is 54.5 Å². The summed E-state index contributed by atoms with van der Waals surface area (Å²) < 4.78 is 5.02. The number of methoxy groups -OCH3 is 1. The summed E-state index contributed by atoms with van der Waals surface area (Å²) in [5.41, 5.74) is 2.53. The smallest absolute Gasteiger partial charge is 0.257 e. The van der Waals surface area contributed by atoms with Crippen molar-refractivity contribution in [2.24, 2.45) is 0 Å². The molecule has 24 heavy (non-hydrogen) atoms. The highest BCUT2D eigenvalue weighted by Gasteiger charge is 2.14. The Labute approximate surface area is 142 Å². The van der Waals surface area contributed by atoms with Crippen molar-refractivity contribution in [3.05, 3.63) is 53.7 Å². The van der Waals surface area contributed by atoms with E-state index in [1.54, 1.807) is 19.2 Å². The summed E-state index contributed by atoms with van der Waals surface area (Å²) in [7, 11) is 1.55. The van der Waals surface area contributed by atoms with Crippen LogP contribution in [0.15, 0.2) is 42.6 Å². The predicted molar refractivity (Wildman–Crippen MR) is 94.3 cm³/mol. The van der Waals surface area contributed by atoms with E-state index in [4.69, 9.17) is 4.74 Å². The molecular weight excluding hydrogens is 302 g/mol. The fraction of sp³-hybridized carbons (Fsp3) is 0.368. The van der Waals surface area contributed by atoms with Crippen LogP contribution in [0, 0.1) is 0 Å². The van der Waals surface area contributed by atoms with Crippen molar-refractivity contribution in [3.63, 3.8) is 0 Å². The molecule has 0 saturated carbocycles. The van der Waals surface area contributed by atoms with Crippen LogP contribution in [-0.4, -0.2) is 36.0 Å². The summed E-state index contributed by atoms with van der Waals surface area (Å²) in [5, 5.41) is 3.01. The zero-order valence-corrected chi connectivity index (χ0v) is 14.0. The maximum absolute atomic E-state index is 12.5. The molecule has 1 aliphatic rings. The van der Waals surface area contributed by atoms with E-state index in [-0.39, 0.29) is 5.91 Å². The molecular formula is C19H23N3O2. The molecule has 2 aromatic rings.